The van der Waals surface area contributed by atoms with Gasteiger partial charge in [-0.3, -0.25) is 14.4 Å². The Morgan fingerprint density at radius 2 is 1.47 bits per heavy atom. The first-order valence-corrected chi connectivity index (χ1v) is 12.4. The van der Waals surface area contributed by atoms with E-state index in [2.05, 4.69) is 5.32 Å². The molecule has 0 aromatic heterocycles. The van der Waals surface area contributed by atoms with E-state index in [1.165, 1.54) is 6.92 Å². The standard InChI is InChI=1S/C26H37NO9/c1-5-32-23(29)20(24(30)33-6-2)14-11-15-21(27-22(28)18-12-9-8-10-13-18)19-16-35-26(4,36-17-19)25(31)34-7-3/h8-10,12-13,19-21H,5-7,11,14-17H2,1-4H3,(H,27,28)/t19?,21-,26?/m0/s1. The second kappa shape index (κ2) is 14.5. The number of hydrogen-bond donors (Lipinski definition) is 1. The van der Waals surface area contributed by atoms with Crippen LogP contribution in [0.3, 0.4) is 0 Å². The summed E-state index contributed by atoms with van der Waals surface area (Å²) in [7, 11) is 0. The normalized spacial score (nSPS) is 20.3. The fourth-order valence-electron chi connectivity index (χ4n) is 3.86. The first kappa shape index (κ1) is 29.3. The highest BCUT2D eigenvalue weighted by Crippen LogP contribution is 2.27. The second-order valence-electron chi connectivity index (χ2n) is 8.48. The molecule has 1 aromatic rings. The Morgan fingerprint density at radius 3 is 2.00 bits per heavy atom. The summed E-state index contributed by atoms with van der Waals surface area (Å²) in [4.78, 5) is 49.7. The minimum atomic E-state index is -1.51. The van der Waals surface area contributed by atoms with Gasteiger partial charge >= 0.3 is 17.9 Å². The van der Waals surface area contributed by atoms with Crippen LogP contribution in [0.2, 0.25) is 0 Å². The fraction of sp³-hybridized carbons (Fsp3) is 0.615. The van der Waals surface area contributed by atoms with Crippen LogP contribution in [0, 0.1) is 11.8 Å². The molecule has 0 radical (unpaired) electrons. The fourth-order valence-corrected chi connectivity index (χ4v) is 3.86. The highest BCUT2D eigenvalue weighted by Gasteiger charge is 2.43. The highest BCUT2D eigenvalue weighted by molar-refractivity contribution is 5.95. The van der Waals surface area contributed by atoms with Crippen LogP contribution in [0.5, 0.6) is 0 Å². The predicted molar refractivity (Wildman–Crippen MR) is 129 cm³/mol. The van der Waals surface area contributed by atoms with E-state index in [0.717, 1.165) is 0 Å². The van der Waals surface area contributed by atoms with Gasteiger partial charge in [0.1, 0.15) is 0 Å². The number of esters is 3. The van der Waals surface area contributed by atoms with Gasteiger partial charge in [-0.25, -0.2) is 4.79 Å². The summed E-state index contributed by atoms with van der Waals surface area (Å²) in [6.07, 6.45) is 1.05. The Kier molecular flexibility index (Phi) is 11.8. The van der Waals surface area contributed by atoms with E-state index >= 15 is 0 Å². The summed E-state index contributed by atoms with van der Waals surface area (Å²) in [6, 6.07) is 8.36. The monoisotopic (exact) mass is 507 g/mol. The smallest absolute Gasteiger partial charge is 0.366 e. The van der Waals surface area contributed by atoms with Gasteiger partial charge in [-0.2, -0.15) is 0 Å². The molecule has 10 nitrogen and oxygen atoms in total. The quantitative estimate of drug-likeness (QED) is 0.243. The second-order valence-corrected chi connectivity index (χ2v) is 8.48. The lowest BCUT2D eigenvalue weighted by molar-refractivity contribution is -0.275. The average molecular weight is 508 g/mol. The van der Waals surface area contributed by atoms with E-state index < -0.39 is 35.7 Å². The van der Waals surface area contributed by atoms with E-state index in [0.29, 0.717) is 18.4 Å². The minimum Gasteiger partial charge on any atom is -0.465 e. The van der Waals surface area contributed by atoms with Gasteiger partial charge in [0.25, 0.3) is 11.7 Å². The Morgan fingerprint density at radius 1 is 0.917 bits per heavy atom. The first-order chi connectivity index (χ1) is 17.3. The number of hydrogen-bond acceptors (Lipinski definition) is 9. The van der Waals surface area contributed by atoms with Crippen LogP contribution in [0.15, 0.2) is 30.3 Å². The van der Waals surface area contributed by atoms with Crippen LogP contribution in [0.4, 0.5) is 0 Å². The number of carbonyl (C=O) groups is 4. The lowest BCUT2D eigenvalue weighted by Gasteiger charge is -2.38. The summed E-state index contributed by atoms with van der Waals surface area (Å²) < 4.78 is 26.6. The third kappa shape index (κ3) is 8.30. The minimum absolute atomic E-state index is 0.147. The van der Waals surface area contributed by atoms with E-state index in [-0.39, 0.29) is 51.3 Å². The van der Waals surface area contributed by atoms with E-state index in [9.17, 15) is 19.2 Å². The summed E-state index contributed by atoms with van der Waals surface area (Å²) in [5, 5.41) is 3.02. The molecule has 1 saturated heterocycles. The summed E-state index contributed by atoms with van der Waals surface area (Å²) in [5.74, 6) is -4.97. The van der Waals surface area contributed by atoms with Crippen LogP contribution in [-0.4, -0.2) is 68.7 Å². The van der Waals surface area contributed by atoms with Crippen LogP contribution in [-0.2, 0) is 38.1 Å². The molecule has 10 heteroatoms. The Hall–Kier alpha value is -2.98. The zero-order valence-corrected chi connectivity index (χ0v) is 21.4. The summed E-state index contributed by atoms with van der Waals surface area (Å²) in [6.45, 7) is 7.33. The number of ether oxygens (including phenoxy) is 5. The topological polar surface area (TPSA) is 126 Å². The van der Waals surface area contributed by atoms with E-state index in [1.54, 1.807) is 45.0 Å². The van der Waals surface area contributed by atoms with Crippen molar-refractivity contribution in [2.24, 2.45) is 11.8 Å². The van der Waals surface area contributed by atoms with Gasteiger partial charge in [0, 0.05) is 24.4 Å². The van der Waals surface area contributed by atoms with Crippen LogP contribution >= 0.6 is 0 Å². The molecule has 0 saturated carbocycles. The third-order valence-corrected chi connectivity index (χ3v) is 5.86. The number of benzene rings is 1. The molecule has 1 fully saturated rings. The highest BCUT2D eigenvalue weighted by atomic mass is 16.7. The molecule has 1 aliphatic heterocycles. The molecule has 1 aromatic carbocycles. The molecule has 36 heavy (non-hydrogen) atoms. The lowest BCUT2D eigenvalue weighted by atomic mass is 9.92. The molecule has 1 atom stereocenters. The lowest BCUT2D eigenvalue weighted by Crippen LogP contribution is -2.53. The van der Waals surface area contributed by atoms with Gasteiger partial charge in [0.2, 0.25) is 0 Å². The molecule has 0 unspecified atom stereocenters. The molecule has 0 aliphatic carbocycles. The van der Waals surface area contributed by atoms with Gasteiger partial charge in [-0.05, 0) is 52.2 Å². The van der Waals surface area contributed by atoms with Crippen molar-refractivity contribution in [3.05, 3.63) is 35.9 Å². The zero-order chi connectivity index (χ0) is 26.6. The SMILES string of the molecule is CCOC(=O)C(CCC[C@H](NC(=O)c1ccccc1)C1COC(C)(C(=O)OCC)OC1)C(=O)OCC. The molecule has 0 bridgehead atoms. The van der Waals surface area contributed by atoms with Crippen LogP contribution < -0.4 is 5.32 Å². The molecule has 1 aliphatic rings. The van der Waals surface area contributed by atoms with Gasteiger partial charge in [0.05, 0.1) is 33.0 Å². The van der Waals surface area contributed by atoms with E-state index in [1.807, 2.05) is 6.07 Å². The maximum Gasteiger partial charge on any atom is 0.366 e. The van der Waals surface area contributed by atoms with Gasteiger partial charge < -0.3 is 29.0 Å². The molecule has 2 rings (SSSR count). The van der Waals surface area contributed by atoms with Crippen molar-refractivity contribution in [1.29, 1.82) is 0 Å². The third-order valence-electron chi connectivity index (χ3n) is 5.86. The Bertz CT molecular complexity index is 847. The predicted octanol–water partition coefficient (Wildman–Crippen LogP) is 2.64. The number of carbonyl (C=O) groups excluding carboxylic acids is 4. The van der Waals surface area contributed by atoms with Crippen molar-refractivity contribution in [1.82, 2.24) is 5.32 Å². The van der Waals surface area contributed by atoms with Crippen molar-refractivity contribution in [2.75, 3.05) is 33.0 Å². The maximum atomic E-state index is 12.9. The Balaban J connectivity index is 2.10. The molecule has 1 N–H and O–H groups in total. The Labute approximate surface area is 211 Å². The number of rotatable bonds is 13. The number of nitrogens with one attached hydrogen (secondary N) is 1. The van der Waals surface area contributed by atoms with Crippen molar-refractivity contribution < 1.29 is 42.9 Å². The molecular formula is C26H37NO9. The van der Waals surface area contributed by atoms with Gasteiger partial charge in [0.15, 0.2) is 5.92 Å². The van der Waals surface area contributed by atoms with Gasteiger partial charge in [-0.1, -0.05) is 18.2 Å². The molecular weight excluding hydrogens is 470 g/mol. The molecule has 1 amide bonds. The van der Waals surface area contributed by atoms with Crippen molar-refractivity contribution >= 4 is 23.8 Å². The number of amides is 1. The summed E-state index contributed by atoms with van der Waals surface area (Å²) in [5.41, 5.74) is 0.493. The van der Waals surface area contributed by atoms with Crippen LogP contribution in [0.1, 0.15) is 57.3 Å². The van der Waals surface area contributed by atoms with Crippen molar-refractivity contribution in [2.45, 2.75) is 58.8 Å². The van der Waals surface area contributed by atoms with Gasteiger partial charge in [-0.15, -0.1) is 0 Å². The zero-order valence-electron chi connectivity index (χ0n) is 21.4. The largest absolute Gasteiger partial charge is 0.465 e. The average Bonchev–Trinajstić information content (AvgIpc) is 2.87. The molecule has 1 heterocycles. The van der Waals surface area contributed by atoms with Crippen molar-refractivity contribution in [3.8, 4) is 0 Å². The molecule has 0 spiro atoms. The van der Waals surface area contributed by atoms with Crippen LogP contribution in [0.25, 0.3) is 0 Å². The maximum absolute atomic E-state index is 12.9. The first-order valence-electron chi connectivity index (χ1n) is 12.4. The molecule has 200 valence electrons. The van der Waals surface area contributed by atoms with E-state index in [4.69, 9.17) is 23.7 Å². The summed E-state index contributed by atoms with van der Waals surface area (Å²) >= 11 is 0. The van der Waals surface area contributed by atoms with Crippen molar-refractivity contribution in [3.63, 3.8) is 0 Å².